The maximum Gasteiger partial charge on any atom is 0.258 e. The number of hydrogen-bond donors (Lipinski definition) is 1. The van der Waals surface area contributed by atoms with Gasteiger partial charge in [-0.3, -0.25) is 4.79 Å². The second-order valence-corrected chi connectivity index (χ2v) is 5.86. The van der Waals surface area contributed by atoms with E-state index < -0.39 is 0 Å². The van der Waals surface area contributed by atoms with Crippen molar-refractivity contribution < 1.29 is 4.79 Å². The molecule has 1 amide bonds. The zero-order chi connectivity index (χ0) is 16.4. The topological polar surface area (TPSA) is 46.9 Å². The molecule has 0 bridgehead atoms. The van der Waals surface area contributed by atoms with Gasteiger partial charge in [0.15, 0.2) is 0 Å². The molecule has 0 fully saturated rings. The summed E-state index contributed by atoms with van der Waals surface area (Å²) in [5.74, 6) is -0.380. The van der Waals surface area contributed by atoms with Crippen LogP contribution in [0.3, 0.4) is 0 Å². The standard InChI is InChI=1S/C16H10Cl3N3O/c17-10-3-5-12(13(9-10)22-7-1-2-8-22)20-16(23)11-4-6-14(18)21-15(11)19/h1-9H,(H,20,23). The van der Waals surface area contributed by atoms with Crippen molar-refractivity contribution in [2.24, 2.45) is 0 Å². The van der Waals surface area contributed by atoms with E-state index in [4.69, 9.17) is 34.8 Å². The van der Waals surface area contributed by atoms with Crippen LogP contribution < -0.4 is 5.32 Å². The van der Waals surface area contributed by atoms with E-state index >= 15 is 0 Å². The molecule has 2 aromatic heterocycles. The molecule has 0 saturated heterocycles. The summed E-state index contributed by atoms with van der Waals surface area (Å²) in [6, 6.07) is 12.0. The molecule has 0 aliphatic carbocycles. The molecule has 1 N–H and O–H groups in total. The minimum atomic E-state index is -0.380. The number of nitrogens with one attached hydrogen (secondary N) is 1. The van der Waals surface area contributed by atoms with Crippen LogP contribution in [0.25, 0.3) is 5.69 Å². The summed E-state index contributed by atoms with van der Waals surface area (Å²) in [5, 5.41) is 3.66. The van der Waals surface area contributed by atoms with Crippen molar-refractivity contribution in [3.05, 3.63) is 75.8 Å². The van der Waals surface area contributed by atoms with Gasteiger partial charge in [-0.2, -0.15) is 0 Å². The molecule has 0 unspecified atom stereocenters. The summed E-state index contributed by atoms with van der Waals surface area (Å²) in [6.45, 7) is 0. The minimum absolute atomic E-state index is 0.0477. The highest BCUT2D eigenvalue weighted by Crippen LogP contribution is 2.26. The fourth-order valence-corrected chi connectivity index (χ4v) is 2.69. The number of rotatable bonds is 3. The van der Waals surface area contributed by atoms with Gasteiger partial charge in [-0.1, -0.05) is 34.8 Å². The molecule has 1 aromatic carbocycles. The molecule has 0 aliphatic rings. The van der Waals surface area contributed by atoms with Crippen LogP contribution in [0.2, 0.25) is 15.3 Å². The van der Waals surface area contributed by atoms with Gasteiger partial charge in [0.05, 0.1) is 16.9 Å². The molecule has 0 aliphatic heterocycles. The third kappa shape index (κ3) is 3.50. The summed E-state index contributed by atoms with van der Waals surface area (Å²) in [5.41, 5.74) is 1.58. The molecular formula is C16H10Cl3N3O. The first kappa shape index (κ1) is 15.9. The van der Waals surface area contributed by atoms with Crippen molar-refractivity contribution in [3.8, 4) is 5.69 Å². The van der Waals surface area contributed by atoms with E-state index in [2.05, 4.69) is 10.3 Å². The Kier molecular flexibility index (Phi) is 4.57. The number of hydrogen-bond acceptors (Lipinski definition) is 2. The van der Waals surface area contributed by atoms with Gasteiger partial charge in [-0.05, 0) is 42.5 Å². The number of carbonyl (C=O) groups is 1. The number of anilines is 1. The highest BCUT2D eigenvalue weighted by molar-refractivity contribution is 6.35. The first-order valence-electron chi connectivity index (χ1n) is 6.61. The quantitative estimate of drug-likeness (QED) is 0.657. The van der Waals surface area contributed by atoms with Gasteiger partial charge < -0.3 is 9.88 Å². The van der Waals surface area contributed by atoms with Crippen molar-refractivity contribution in [2.75, 3.05) is 5.32 Å². The van der Waals surface area contributed by atoms with Crippen LogP contribution in [0.1, 0.15) is 10.4 Å². The molecule has 7 heteroatoms. The highest BCUT2D eigenvalue weighted by Gasteiger charge is 2.14. The van der Waals surface area contributed by atoms with E-state index in [1.54, 1.807) is 18.2 Å². The summed E-state index contributed by atoms with van der Waals surface area (Å²) < 4.78 is 1.85. The third-order valence-corrected chi connectivity index (χ3v) is 3.88. The second-order valence-electron chi connectivity index (χ2n) is 4.68. The van der Waals surface area contributed by atoms with Crippen LogP contribution in [-0.4, -0.2) is 15.5 Å². The minimum Gasteiger partial charge on any atom is -0.322 e. The number of benzene rings is 1. The summed E-state index contributed by atoms with van der Waals surface area (Å²) >= 11 is 17.8. The van der Waals surface area contributed by atoms with Gasteiger partial charge in [0, 0.05) is 17.4 Å². The van der Waals surface area contributed by atoms with Crippen LogP contribution in [0, 0.1) is 0 Å². The second kappa shape index (κ2) is 6.62. The fraction of sp³-hybridized carbons (Fsp3) is 0. The fourth-order valence-electron chi connectivity index (χ4n) is 2.09. The maximum absolute atomic E-state index is 12.4. The van der Waals surface area contributed by atoms with E-state index in [1.165, 1.54) is 12.1 Å². The van der Waals surface area contributed by atoms with Crippen LogP contribution >= 0.6 is 34.8 Å². The predicted molar refractivity (Wildman–Crippen MR) is 93.0 cm³/mol. The molecule has 2 heterocycles. The number of pyridine rings is 1. The zero-order valence-corrected chi connectivity index (χ0v) is 13.9. The molecule has 0 saturated carbocycles. The lowest BCUT2D eigenvalue weighted by atomic mass is 10.2. The Labute approximate surface area is 147 Å². The highest BCUT2D eigenvalue weighted by atomic mass is 35.5. The van der Waals surface area contributed by atoms with E-state index in [-0.39, 0.29) is 21.8 Å². The van der Waals surface area contributed by atoms with Gasteiger partial charge in [-0.15, -0.1) is 0 Å². The SMILES string of the molecule is O=C(Nc1ccc(Cl)cc1-n1cccc1)c1ccc(Cl)nc1Cl. The largest absolute Gasteiger partial charge is 0.322 e. The van der Waals surface area contributed by atoms with Crippen molar-refractivity contribution >= 4 is 46.4 Å². The Morgan fingerprint density at radius 1 is 1.04 bits per heavy atom. The summed E-state index contributed by atoms with van der Waals surface area (Å²) in [6.07, 6.45) is 3.72. The van der Waals surface area contributed by atoms with Crippen LogP contribution in [-0.2, 0) is 0 Å². The zero-order valence-electron chi connectivity index (χ0n) is 11.6. The first-order valence-corrected chi connectivity index (χ1v) is 7.74. The molecule has 0 spiro atoms. The Morgan fingerprint density at radius 3 is 2.48 bits per heavy atom. The predicted octanol–water partition coefficient (Wildman–Crippen LogP) is 5.08. The Bertz CT molecular complexity index is 863. The van der Waals surface area contributed by atoms with Crippen molar-refractivity contribution in [2.45, 2.75) is 0 Å². The molecular weight excluding hydrogens is 357 g/mol. The molecule has 23 heavy (non-hydrogen) atoms. The third-order valence-electron chi connectivity index (χ3n) is 3.15. The average Bonchev–Trinajstić information content (AvgIpc) is 3.03. The Hall–Kier alpha value is -2.01. The van der Waals surface area contributed by atoms with E-state index in [9.17, 15) is 4.79 Å². The van der Waals surface area contributed by atoms with Gasteiger partial charge in [0.25, 0.3) is 5.91 Å². The molecule has 116 valence electrons. The Balaban J connectivity index is 1.95. The Morgan fingerprint density at radius 2 is 1.78 bits per heavy atom. The average molecular weight is 367 g/mol. The molecule has 3 aromatic rings. The van der Waals surface area contributed by atoms with Gasteiger partial charge in [-0.25, -0.2) is 4.98 Å². The van der Waals surface area contributed by atoms with Crippen molar-refractivity contribution in [1.29, 1.82) is 0 Å². The first-order chi connectivity index (χ1) is 11.0. The molecule has 3 rings (SSSR count). The monoisotopic (exact) mass is 365 g/mol. The number of aromatic nitrogens is 2. The van der Waals surface area contributed by atoms with Gasteiger partial charge in [0.2, 0.25) is 0 Å². The molecule has 0 radical (unpaired) electrons. The number of amides is 1. The number of carbonyl (C=O) groups excluding carboxylic acids is 1. The summed E-state index contributed by atoms with van der Waals surface area (Å²) in [7, 11) is 0. The van der Waals surface area contributed by atoms with Crippen LogP contribution in [0.5, 0.6) is 0 Å². The van der Waals surface area contributed by atoms with Crippen molar-refractivity contribution in [1.82, 2.24) is 9.55 Å². The smallest absolute Gasteiger partial charge is 0.258 e. The summed E-state index contributed by atoms with van der Waals surface area (Å²) in [4.78, 5) is 16.3. The lowest BCUT2D eigenvalue weighted by Crippen LogP contribution is -2.14. The van der Waals surface area contributed by atoms with Crippen LogP contribution in [0.15, 0.2) is 54.9 Å². The van der Waals surface area contributed by atoms with Crippen LogP contribution in [0.4, 0.5) is 5.69 Å². The molecule has 0 atom stereocenters. The lowest BCUT2D eigenvalue weighted by molar-refractivity contribution is 0.102. The van der Waals surface area contributed by atoms with E-state index in [1.807, 2.05) is 29.1 Å². The van der Waals surface area contributed by atoms with Crippen molar-refractivity contribution in [3.63, 3.8) is 0 Å². The number of halogens is 3. The lowest BCUT2D eigenvalue weighted by Gasteiger charge is -2.13. The van der Waals surface area contributed by atoms with E-state index in [0.717, 1.165) is 5.69 Å². The van der Waals surface area contributed by atoms with Gasteiger partial charge >= 0.3 is 0 Å². The number of nitrogens with zero attached hydrogens (tertiary/aromatic N) is 2. The normalized spacial score (nSPS) is 10.6. The maximum atomic E-state index is 12.4. The van der Waals surface area contributed by atoms with Gasteiger partial charge in [0.1, 0.15) is 10.3 Å². The van der Waals surface area contributed by atoms with E-state index in [0.29, 0.717) is 10.7 Å². The molecule has 4 nitrogen and oxygen atoms in total.